The molecule has 4 N–H and O–H groups in total. The lowest BCUT2D eigenvalue weighted by Gasteiger charge is -2.31. The molecule has 1 unspecified atom stereocenters. The van der Waals surface area contributed by atoms with Crippen molar-refractivity contribution in [2.24, 2.45) is 0 Å². The SMILES string of the molecule is CC(O)(C#Cc1ccc(N2CCNCC2)c(Nc2ccnc3[nH]ccc23)c1)c1nccs1. The average molecular weight is 445 g/mol. The second-order valence-electron chi connectivity index (χ2n) is 7.85. The predicted octanol–water partition coefficient (Wildman–Crippen LogP) is 3.43. The van der Waals surface area contributed by atoms with Gasteiger partial charge in [-0.1, -0.05) is 11.8 Å². The number of fused-ring (bicyclic) bond motifs is 1. The molecule has 1 aromatic carbocycles. The number of rotatable bonds is 4. The number of nitrogens with one attached hydrogen (secondary N) is 3. The molecule has 0 spiro atoms. The second kappa shape index (κ2) is 8.63. The van der Waals surface area contributed by atoms with Crippen LogP contribution in [-0.4, -0.2) is 46.2 Å². The molecule has 32 heavy (non-hydrogen) atoms. The summed E-state index contributed by atoms with van der Waals surface area (Å²) < 4.78 is 0. The third-order valence-electron chi connectivity index (χ3n) is 5.48. The van der Waals surface area contributed by atoms with Crippen molar-refractivity contribution < 1.29 is 5.11 Å². The van der Waals surface area contributed by atoms with Crippen LogP contribution in [0.3, 0.4) is 0 Å². The minimum Gasteiger partial charge on any atom is -0.371 e. The van der Waals surface area contributed by atoms with E-state index in [-0.39, 0.29) is 0 Å². The summed E-state index contributed by atoms with van der Waals surface area (Å²) in [5, 5.41) is 21.2. The Labute approximate surface area is 190 Å². The van der Waals surface area contributed by atoms with Gasteiger partial charge in [0.15, 0.2) is 5.60 Å². The van der Waals surface area contributed by atoms with Crippen molar-refractivity contribution in [1.82, 2.24) is 20.3 Å². The summed E-state index contributed by atoms with van der Waals surface area (Å²) in [4.78, 5) is 14.1. The number of benzene rings is 1. The largest absolute Gasteiger partial charge is 0.371 e. The van der Waals surface area contributed by atoms with Gasteiger partial charge >= 0.3 is 0 Å². The molecule has 0 aliphatic carbocycles. The zero-order valence-corrected chi connectivity index (χ0v) is 18.5. The molecule has 1 atom stereocenters. The number of aromatic amines is 1. The van der Waals surface area contributed by atoms with Gasteiger partial charge in [0, 0.05) is 61.1 Å². The summed E-state index contributed by atoms with van der Waals surface area (Å²) in [6.07, 6.45) is 5.36. The monoisotopic (exact) mass is 444 g/mol. The molecule has 1 aliphatic heterocycles. The molecule has 0 radical (unpaired) electrons. The van der Waals surface area contributed by atoms with E-state index in [1.54, 1.807) is 19.3 Å². The summed E-state index contributed by atoms with van der Waals surface area (Å²) in [7, 11) is 0. The molecule has 0 bridgehead atoms. The van der Waals surface area contributed by atoms with Gasteiger partial charge in [-0.15, -0.1) is 11.3 Å². The van der Waals surface area contributed by atoms with E-state index in [4.69, 9.17) is 0 Å². The van der Waals surface area contributed by atoms with Crippen LogP contribution in [0.1, 0.15) is 17.5 Å². The van der Waals surface area contributed by atoms with Crippen LogP contribution in [0.15, 0.2) is 54.3 Å². The molecule has 0 amide bonds. The zero-order valence-electron chi connectivity index (χ0n) is 17.7. The number of H-pyrrole nitrogens is 1. The molecule has 5 rings (SSSR count). The van der Waals surface area contributed by atoms with Gasteiger partial charge in [0.25, 0.3) is 0 Å². The van der Waals surface area contributed by atoms with Crippen molar-refractivity contribution in [1.29, 1.82) is 0 Å². The molecule has 1 aliphatic rings. The number of aromatic nitrogens is 3. The number of hydrogen-bond acceptors (Lipinski definition) is 7. The minimum absolute atomic E-state index is 0.590. The van der Waals surface area contributed by atoms with Crippen LogP contribution in [0.5, 0.6) is 0 Å². The summed E-state index contributed by atoms with van der Waals surface area (Å²) in [6.45, 7) is 5.46. The fraction of sp³-hybridized carbons (Fsp3) is 0.250. The summed E-state index contributed by atoms with van der Waals surface area (Å²) in [5.41, 5.74) is 3.45. The van der Waals surface area contributed by atoms with Gasteiger partial charge in [-0.25, -0.2) is 9.97 Å². The highest BCUT2D eigenvalue weighted by atomic mass is 32.1. The number of nitrogens with zero attached hydrogens (tertiary/aromatic N) is 3. The summed E-state index contributed by atoms with van der Waals surface area (Å²) in [5.74, 6) is 6.12. The fourth-order valence-corrected chi connectivity index (χ4v) is 4.47. The minimum atomic E-state index is -1.29. The average Bonchev–Trinajstić information content (AvgIpc) is 3.52. The lowest BCUT2D eigenvalue weighted by Crippen LogP contribution is -2.43. The normalized spacial score (nSPS) is 15.8. The van der Waals surface area contributed by atoms with E-state index < -0.39 is 5.60 Å². The van der Waals surface area contributed by atoms with Crippen molar-refractivity contribution in [3.05, 3.63) is 64.9 Å². The highest BCUT2D eigenvalue weighted by Crippen LogP contribution is 2.33. The highest BCUT2D eigenvalue weighted by Gasteiger charge is 2.23. The van der Waals surface area contributed by atoms with E-state index >= 15 is 0 Å². The second-order valence-corrected chi connectivity index (χ2v) is 8.75. The maximum absolute atomic E-state index is 10.7. The quantitative estimate of drug-likeness (QED) is 0.361. The lowest BCUT2D eigenvalue weighted by molar-refractivity contribution is 0.122. The fourth-order valence-electron chi connectivity index (χ4n) is 3.82. The Morgan fingerprint density at radius 3 is 2.81 bits per heavy atom. The maximum Gasteiger partial charge on any atom is 0.174 e. The highest BCUT2D eigenvalue weighted by molar-refractivity contribution is 7.09. The first kappa shape index (κ1) is 20.5. The molecule has 3 aromatic heterocycles. The van der Waals surface area contributed by atoms with Gasteiger partial charge in [-0.2, -0.15) is 0 Å². The molecular weight excluding hydrogens is 420 g/mol. The van der Waals surface area contributed by atoms with Gasteiger partial charge in [0.1, 0.15) is 10.7 Å². The Morgan fingerprint density at radius 1 is 1.12 bits per heavy atom. The number of aliphatic hydroxyl groups is 1. The van der Waals surface area contributed by atoms with Crippen LogP contribution < -0.4 is 15.5 Å². The number of pyridine rings is 1. The molecule has 8 heteroatoms. The molecule has 4 aromatic rings. The molecule has 1 fully saturated rings. The number of thiazole rings is 1. The van der Waals surface area contributed by atoms with E-state index in [9.17, 15) is 5.11 Å². The van der Waals surface area contributed by atoms with E-state index in [0.717, 1.165) is 59.8 Å². The van der Waals surface area contributed by atoms with Gasteiger partial charge in [-0.3, -0.25) is 0 Å². The van der Waals surface area contributed by atoms with Crippen molar-refractivity contribution in [3.8, 4) is 11.8 Å². The molecule has 4 heterocycles. The molecule has 1 saturated heterocycles. The van der Waals surface area contributed by atoms with Crippen molar-refractivity contribution in [2.75, 3.05) is 36.4 Å². The Morgan fingerprint density at radius 2 is 2.00 bits per heavy atom. The first-order valence-electron chi connectivity index (χ1n) is 10.5. The molecule has 162 valence electrons. The van der Waals surface area contributed by atoms with Gasteiger partial charge < -0.3 is 25.6 Å². The van der Waals surface area contributed by atoms with Crippen molar-refractivity contribution in [3.63, 3.8) is 0 Å². The van der Waals surface area contributed by atoms with E-state index in [1.807, 2.05) is 35.8 Å². The first-order valence-corrected chi connectivity index (χ1v) is 11.4. The third kappa shape index (κ3) is 4.18. The van der Waals surface area contributed by atoms with Crippen LogP contribution >= 0.6 is 11.3 Å². The lowest BCUT2D eigenvalue weighted by atomic mass is 10.1. The topological polar surface area (TPSA) is 89.1 Å². The molecule has 7 nitrogen and oxygen atoms in total. The van der Waals surface area contributed by atoms with Crippen molar-refractivity contribution in [2.45, 2.75) is 12.5 Å². The van der Waals surface area contributed by atoms with Crippen molar-refractivity contribution >= 4 is 39.4 Å². The van der Waals surface area contributed by atoms with Crippen LogP contribution in [-0.2, 0) is 5.60 Å². The van der Waals surface area contributed by atoms with Crippen LogP contribution in [0, 0.1) is 11.8 Å². The maximum atomic E-state index is 10.7. The zero-order chi connectivity index (χ0) is 22.0. The Kier molecular flexibility index (Phi) is 5.53. The van der Waals surface area contributed by atoms with Crippen LogP contribution in [0.25, 0.3) is 11.0 Å². The first-order chi connectivity index (χ1) is 15.6. The van der Waals surface area contributed by atoms with Gasteiger partial charge in [0.2, 0.25) is 0 Å². The molecular formula is C24H24N6OS. The van der Waals surface area contributed by atoms with E-state index in [1.165, 1.54) is 11.3 Å². The van der Waals surface area contributed by atoms with Gasteiger partial charge in [0.05, 0.1) is 17.1 Å². The third-order valence-corrected chi connectivity index (χ3v) is 6.47. The van der Waals surface area contributed by atoms with Crippen LogP contribution in [0.4, 0.5) is 17.1 Å². The Hall–Kier alpha value is -3.38. The Bertz CT molecular complexity index is 1280. The summed E-state index contributed by atoms with van der Waals surface area (Å²) >= 11 is 1.40. The number of hydrogen-bond donors (Lipinski definition) is 4. The molecule has 0 saturated carbocycles. The van der Waals surface area contributed by atoms with Gasteiger partial charge in [-0.05, 0) is 37.3 Å². The summed E-state index contributed by atoms with van der Waals surface area (Å²) in [6, 6.07) is 10.1. The van der Waals surface area contributed by atoms with E-state index in [2.05, 4.69) is 48.4 Å². The standard InChI is InChI=1S/C24H24N6OS/c1-24(31,23-28-12-15-32-23)7-4-17-2-3-21(30-13-10-25-11-14-30)20(16-17)29-19-6-9-27-22-18(19)5-8-26-22/h2-3,5-6,8-9,12,15-16,25,31H,10-11,13-14H2,1H3,(H2,26,27,29). The Balaban J connectivity index is 1.52. The number of piperazine rings is 1. The smallest absolute Gasteiger partial charge is 0.174 e. The predicted molar refractivity (Wildman–Crippen MR) is 129 cm³/mol. The van der Waals surface area contributed by atoms with E-state index in [0.29, 0.717) is 5.01 Å². The van der Waals surface area contributed by atoms with Crippen LogP contribution in [0.2, 0.25) is 0 Å². The number of anilines is 3.